The maximum absolute atomic E-state index is 2.32. The molecule has 1 aliphatic carbocycles. The summed E-state index contributed by atoms with van der Waals surface area (Å²) < 4.78 is 1.17. The van der Waals surface area contributed by atoms with Gasteiger partial charge in [0.1, 0.15) is 0 Å². The van der Waals surface area contributed by atoms with Crippen LogP contribution < -0.4 is 0 Å². The first-order chi connectivity index (χ1) is 4.61. The molecule has 1 rings (SSSR count). The number of nitrogens with zero attached hydrogens (tertiary/aromatic N) is 1. The molecule has 0 radical (unpaired) electrons. The summed E-state index contributed by atoms with van der Waals surface area (Å²) in [6.45, 7) is 0. The van der Waals surface area contributed by atoms with Crippen molar-refractivity contribution in [2.45, 2.75) is 38.1 Å². The second-order valence-corrected chi connectivity index (χ2v) is 4.41. The maximum atomic E-state index is 2.32. The number of hydrogen-bond donors (Lipinski definition) is 0. The van der Waals surface area contributed by atoms with E-state index in [2.05, 4.69) is 21.1 Å². The van der Waals surface area contributed by atoms with Gasteiger partial charge in [-0.2, -0.15) is 0 Å². The van der Waals surface area contributed by atoms with E-state index in [4.69, 9.17) is 0 Å². The third-order valence-corrected chi connectivity index (χ3v) is 2.67. The average Bonchev–Trinajstić information content (AvgIpc) is 1.88. The third-order valence-electron chi connectivity index (χ3n) is 2.67. The molecule has 1 aliphatic rings. The molecule has 68 valence electrons. The Morgan fingerprint density at radius 2 is 1.36 bits per heavy atom. The van der Waals surface area contributed by atoms with Crippen LogP contribution in [0.25, 0.3) is 0 Å². The Bertz CT molecular complexity index is 101. The number of rotatable bonds is 1. The first-order valence-corrected chi connectivity index (χ1v) is 4.42. The minimum atomic E-state index is 0. The minimum absolute atomic E-state index is 0. The molecule has 0 atom stereocenters. The molecule has 0 aromatic carbocycles. The van der Waals surface area contributed by atoms with E-state index >= 15 is 0 Å². The van der Waals surface area contributed by atoms with Gasteiger partial charge in [-0.15, -0.1) is 0 Å². The zero-order valence-corrected chi connectivity index (χ0v) is 7.56. The van der Waals surface area contributed by atoms with E-state index in [1.165, 1.54) is 36.6 Å². The molecule has 1 saturated carbocycles. The van der Waals surface area contributed by atoms with Crippen LogP contribution in [0.2, 0.25) is 0 Å². The van der Waals surface area contributed by atoms with Crippen LogP contribution in [0, 0.1) is 0 Å². The monoisotopic (exact) mass is 266 g/mol. The van der Waals surface area contributed by atoms with Crippen molar-refractivity contribution < 1.29 is 4.48 Å². The molecule has 0 bridgehead atoms. The first-order valence-electron chi connectivity index (χ1n) is 4.42. The van der Waals surface area contributed by atoms with E-state index in [0.29, 0.717) is 0 Å². The Balaban J connectivity index is 0.000001000. The molecule has 1 nitrogen and oxygen atoms in total. The van der Waals surface area contributed by atoms with Gasteiger partial charge in [0.15, 0.2) is 0 Å². The first kappa shape index (κ1) is 11.8. The van der Waals surface area contributed by atoms with Crippen LogP contribution in [0.4, 0.5) is 0 Å². The van der Waals surface area contributed by atoms with Crippen LogP contribution in [0.1, 0.15) is 32.1 Å². The van der Waals surface area contributed by atoms with Crippen molar-refractivity contribution >= 4 is 23.9 Å². The molecule has 0 unspecified atom stereocenters. The number of hydrogen-bond acceptors (Lipinski definition) is 0. The summed E-state index contributed by atoms with van der Waals surface area (Å²) in [4.78, 5) is 0. The van der Waals surface area contributed by atoms with Crippen LogP contribution in [-0.2, 0) is 0 Å². The van der Waals surface area contributed by atoms with Gasteiger partial charge in [0.2, 0.25) is 0 Å². The summed E-state index contributed by atoms with van der Waals surface area (Å²) in [6.07, 6.45) is 7.28. The van der Waals surface area contributed by atoms with Gasteiger partial charge in [-0.25, -0.2) is 0 Å². The molecule has 11 heavy (non-hydrogen) atoms. The normalized spacial score (nSPS) is 21.0. The van der Waals surface area contributed by atoms with Crippen molar-refractivity contribution in [3.63, 3.8) is 0 Å². The molecule has 2 heteroatoms. The van der Waals surface area contributed by atoms with Gasteiger partial charge in [-0.1, -0.05) is 6.42 Å². The van der Waals surface area contributed by atoms with Gasteiger partial charge < -0.3 is 4.48 Å². The number of quaternary nitrogens is 1. The second-order valence-electron chi connectivity index (χ2n) is 4.41. The zero-order valence-electron chi connectivity index (χ0n) is 7.56. The van der Waals surface area contributed by atoms with Crippen LogP contribution in [-0.4, -0.2) is 55.6 Å². The zero-order chi connectivity index (χ0) is 7.61. The fourth-order valence-electron chi connectivity index (χ4n) is 1.86. The van der Waals surface area contributed by atoms with E-state index in [9.17, 15) is 0 Å². The summed E-state index contributed by atoms with van der Waals surface area (Å²) >= 11 is 0. The molecule has 0 aromatic rings. The van der Waals surface area contributed by atoms with Crippen molar-refractivity contribution in [1.82, 2.24) is 0 Å². The van der Waals surface area contributed by atoms with E-state index < -0.39 is 0 Å². The standard InChI is InChI=1S/C9H20N.Sn.4H/c1-10(2,3)9-7-5-4-6-8-9;;;;;/h9H,4-8H2,1-3H3;;;;;/q+1;;;;;. The SMILES string of the molecule is C[N+](C)(C)C1CCCCC1.[SnH4]. The van der Waals surface area contributed by atoms with Crippen molar-refractivity contribution in [2.24, 2.45) is 0 Å². The quantitative estimate of drug-likeness (QED) is 0.480. The Morgan fingerprint density at radius 3 is 1.64 bits per heavy atom. The van der Waals surface area contributed by atoms with Gasteiger partial charge >= 0.3 is 23.9 Å². The summed E-state index contributed by atoms with van der Waals surface area (Å²) in [5, 5.41) is 0. The fourth-order valence-corrected chi connectivity index (χ4v) is 1.86. The molecular formula is C9H24NSn+. The average molecular weight is 265 g/mol. The van der Waals surface area contributed by atoms with Crippen LogP contribution >= 0.6 is 0 Å². The molecule has 0 saturated heterocycles. The molecule has 1 fully saturated rings. The molecule has 0 aliphatic heterocycles. The van der Waals surface area contributed by atoms with Crippen LogP contribution in [0.5, 0.6) is 0 Å². The Kier molecular flexibility index (Phi) is 5.03. The Morgan fingerprint density at radius 1 is 0.909 bits per heavy atom. The molecule has 0 aromatic heterocycles. The van der Waals surface area contributed by atoms with Crippen LogP contribution in [0.3, 0.4) is 0 Å². The van der Waals surface area contributed by atoms with E-state index in [1.54, 1.807) is 0 Å². The Hall–Kier alpha value is 0.759. The molecule has 0 heterocycles. The van der Waals surface area contributed by atoms with Gasteiger partial charge in [0.25, 0.3) is 0 Å². The van der Waals surface area contributed by atoms with Gasteiger partial charge in [0.05, 0.1) is 27.2 Å². The molecule has 0 amide bonds. The summed E-state index contributed by atoms with van der Waals surface area (Å²) in [5.41, 5.74) is 0. The molecular weight excluding hydrogens is 241 g/mol. The van der Waals surface area contributed by atoms with Gasteiger partial charge in [0, 0.05) is 0 Å². The molecule has 0 spiro atoms. The Labute approximate surface area is 87.7 Å². The van der Waals surface area contributed by atoms with Crippen LogP contribution in [0.15, 0.2) is 0 Å². The van der Waals surface area contributed by atoms with Crippen molar-refractivity contribution in [3.05, 3.63) is 0 Å². The van der Waals surface area contributed by atoms with E-state index in [0.717, 1.165) is 6.04 Å². The van der Waals surface area contributed by atoms with Gasteiger partial charge in [-0.05, 0) is 25.7 Å². The summed E-state index contributed by atoms with van der Waals surface area (Å²) in [6, 6.07) is 0.939. The van der Waals surface area contributed by atoms with Crippen molar-refractivity contribution in [3.8, 4) is 0 Å². The van der Waals surface area contributed by atoms with Crippen molar-refractivity contribution in [1.29, 1.82) is 0 Å². The predicted molar refractivity (Wildman–Crippen MR) is 56.2 cm³/mol. The topological polar surface area (TPSA) is 0 Å². The van der Waals surface area contributed by atoms with Gasteiger partial charge in [-0.3, -0.25) is 0 Å². The third kappa shape index (κ3) is 3.79. The second kappa shape index (κ2) is 4.70. The summed E-state index contributed by atoms with van der Waals surface area (Å²) in [5.74, 6) is 0. The predicted octanol–water partition coefficient (Wildman–Crippen LogP) is 0.574. The summed E-state index contributed by atoms with van der Waals surface area (Å²) in [7, 11) is 6.95. The van der Waals surface area contributed by atoms with Crippen molar-refractivity contribution in [2.75, 3.05) is 21.1 Å². The van der Waals surface area contributed by atoms with E-state index in [-0.39, 0.29) is 23.9 Å². The fraction of sp³-hybridized carbons (Fsp3) is 1.00. The molecule has 0 N–H and O–H groups in total. The van der Waals surface area contributed by atoms with E-state index in [1.807, 2.05) is 0 Å².